The van der Waals surface area contributed by atoms with Crippen LogP contribution in [0, 0.1) is 5.92 Å². The van der Waals surface area contributed by atoms with E-state index in [0.717, 1.165) is 19.3 Å². The second-order valence-electron chi connectivity index (χ2n) is 4.17. The molecule has 15 heavy (non-hydrogen) atoms. The summed E-state index contributed by atoms with van der Waals surface area (Å²) in [7, 11) is 0. The molecule has 1 aliphatic rings. The van der Waals surface area contributed by atoms with Crippen LogP contribution in [-0.4, -0.2) is 24.3 Å². The summed E-state index contributed by atoms with van der Waals surface area (Å²) in [6, 6.07) is 0. The smallest absolute Gasteiger partial charge is 0.305 e. The quantitative estimate of drug-likeness (QED) is 0.560. The van der Waals surface area contributed by atoms with Crippen LogP contribution in [0.1, 0.15) is 39.0 Å². The Kier molecular flexibility index (Phi) is 5.40. The summed E-state index contributed by atoms with van der Waals surface area (Å²) < 4.78 is 4.80. The SMILES string of the molecule is CC1=CCC(CCC(=O)OCCO)CC1. The molecule has 1 aliphatic carbocycles. The largest absolute Gasteiger partial charge is 0.463 e. The highest BCUT2D eigenvalue weighted by atomic mass is 16.5. The number of aliphatic hydroxyl groups is 1. The third kappa shape index (κ3) is 4.98. The van der Waals surface area contributed by atoms with Gasteiger partial charge in [0.2, 0.25) is 0 Å². The van der Waals surface area contributed by atoms with Crippen LogP contribution >= 0.6 is 0 Å². The lowest BCUT2D eigenvalue weighted by atomic mass is 9.87. The van der Waals surface area contributed by atoms with E-state index in [1.807, 2.05) is 0 Å². The predicted octanol–water partition coefficient (Wildman–Crippen LogP) is 2.05. The number of hydrogen-bond donors (Lipinski definition) is 1. The summed E-state index contributed by atoms with van der Waals surface area (Å²) in [6.45, 7) is 2.20. The maximum atomic E-state index is 11.2. The molecule has 0 saturated heterocycles. The van der Waals surface area contributed by atoms with Crippen molar-refractivity contribution in [2.75, 3.05) is 13.2 Å². The highest BCUT2D eigenvalue weighted by Crippen LogP contribution is 2.26. The predicted molar refractivity (Wildman–Crippen MR) is 58.4 cm³/mol. The van der Waals surface area contributed by atoms with E-state index in [-0.39, 0.29) is 19.2 Å². The van der Waals surface area contributed by atoms with Crippen molar-refractivity contribution < 1.29 is 14.6 Å². The van der Waals surface area contributed by atoms with Crippen LogP contribution in [0.3, 0.4) is 0 Å². The van der Waals surface area contributed by atoms with Crippen LogP contribution in [0.25, 0.3) is 0 Å². The van der Waals surface area contributed by atoms with Gasteiger partial charge in [-0.15, -0.1) is 0 Å². The van der Waals surface area contributed by atoms with Crippen LogP contribution in [0.4, 0.5) is 0 Å². The highest BCUT2D eigenvalue weighted by Gasteiger charge is 2.14. The molecule has 1 rings (SSSR count). The molecule has 1 N–H and O–H groups in total. The van der Waals surface area contributed by atoms with Gasteiger partial charge in [0, 0.05) is 6.42 Å². The van der Waals surface area contributed by atoms with E-state index in [9.17, 15) is 4.79 Å². The van der Waals surface area contributed by atoms with E-state index < -0.39 is 0 Å². The molecule has 0 fully saturated rings. The molecule has 3 nitrogen and oxygen atoms in total. The summed E-state index contributed by atoms with van der Waals surface area (Å²) >= 11 is 0. The van der Waals surface area contributed by atoms with Crippen molar-refractivity contribution in [2.24, 2.45) is 5.92 Å². The maximum absolute atomic E-state index is 11.2. The maximum Gasteiger partial charge on any atom is 0.305 e. The minimum absolute atomic E-state index is 0.0862. The molecule has 1 atom stereocenters. The van der Waals surface area contributed by atoms with Gasteiger partial charge in [0.25, 0.3) is 0 Å². The molecule has 0 aliphatic heterocycles. The first-order valence-corrected chi connectivity index (χ1v) is 5.64. The molecule has 0 bridgehead atoms. The minimum atomic E-state index is -0.185. The van der Waals surface area contributed by atoms with Gasteiger partial charge in [-0.1, -0.05) is 11.6 Å². The molecule has 0 saturated carbocycles. The van der Waals surface area contributed by atoms with Gasteiger partial charge in [-0.05, 0) is 38.5 Å². The van der Waals surface area contributed by atoms with Gasteiger partial charge in [-0.3, -0.25) is 4.79 Å². The van der Waals surface area contributed by atoms with Gasteiger partial charge in [0.1, 0.15) is 6.61 Å². The van der Waals surface area contributed by atoms with Crippen LogP contribution in [0.2, 0.25) is 0 Å². The lowest BCUT2D eigenvalue weighted by Gasteiger charge is -2.19. The summed E-state index contributed by atoms with van der Waals surface area (Å²) in [6.07, 6.45) is 7.11. The number of carbonyl (C=O) groups excluding carboxylic acids is 1. The molecule has 0 radical (unpaired) electrons. The van der Waals surface area contributed by atoms with Crippen molar-refractivity contribution in [3.8, 4) is 0 Å². The van der Waals surface area contributed by atoms with Crippen LogP contribution in [0.5, 0.6) is 0 Å². The standard InChI is InChI=1S/C12H20O3/c1-10-2-4-11(5-3-10)6-7-12(14)15-9-8-13/h2,11,13H,3-9H2,1H3. The Labute approximate surface area is 91.1 Å². The van der Waals surface area contributed by atoms with Crippen LogP contribution < -0.4 is 0 Å². The van der Waals surface area contributed by atoms with Crippen LogP contribution in [0.15, 0.2) is 11.6 Å². The van der Waals surface area contributed by atoms with E-state index in [1.54, 1.807) is 0 Å². The molecule has 0 heterocycles. The highest BCUT2D eigenvalue weighted by molar-refractivity contribution is 5.69. The topological polar surface area (TPSA) is 46.5 Å². The second kappa shape index (κ2) is 6.62. The molecule has 0 spiro atoms. The molecule has 86 valence electrons. The molecule has 1 unspecified atom stereocenters. The van der Waals surface area contributed by atoms with Gasteiger partial charge < -0.3 is 9.84 Å². The average molecular weight is 212 g/mol. The van der Waals surface area contributed by atoms with Crippen molar-refractivity contribution in [2.45, 2.75) is 39.0 Å². The molecule has 0 aromatic rings. The zero-order valence-corrected chi connectivity index (χ0v) is 9.37. The fourth-order valence-electron chi connectivity index (χ4n) is 1.84. The number of hydrogen-bond acceptors (Lipinski definition) is 3. The van der Waals surface area contributed by atoms with E-state index in [0.29, 0.717) is 12.3 Å². The average Bonchev–Trinajstić information content (AvgIpc) is 2.25. The fraction of sp³-hybridized carbons (Fsp3) is 0.750. The number of esters is 1. The normalized spacial score (nSPS) is 20.9. The summed E-state index contributed by atoms with van der Waals surface area (Å²) in [5, 5.41) is 8.48. The van der Waals surface area contributed by atoms with E-state index in [1.165, 1.54) is 12.0 Å². The Morgan fingerprint density at radius 1 is 1.67 bits per heavy atom. The lowest BCUT2D eigenvalue weighted by molar-refractivity contribution is -0.145. The number of aliphatic hydroxyl groups excluding tert-OH is 1. The molecule has 3 heteroatoms. The molecular weight excluding hydrogens is 192 g/mol. The molecule has 0 aromatic carbocycles. The Hall–Kier alpha value is -0.830. The number of rotatable bonds is 5. The minimum Gasteiger partial charge on any atom is -0.463 e. The summed E-state index contributed by atoms with van der Waals surface area (Å²) in [5.74, 6) is 0.450. The van der Waals surface area contributed by atoms with Gasteiger partial charge in [0.15, 0.2) is 0 Å². The Morgan fingerprint density at radius 2 is 2.47 bits per heavy atom. The van der Waals surface area contributed by atoms with Crippen molar-refractivity contribution in [1.29, 1.82) is 0 Å². The Morgan fingerprint density at radius 3 is 3.07 bits per heavy atom. The number of ether oxygens (including phenoxy) is 1. The van der Waals surface area contributed by atoms with Crippen molar-refractivity contribution in [1.82, 2.24) is 0 Å². The zero-order valence-electron chi connectivity index (χ0n) is 9.37. The second-order valence-corrected chi connectivity index (χ2v) is 4.17. The first kappa shape index (κ1) is 12.2. The first-order chi connectivity index (χ1) is 7.22. The van der Waals surface area contributed by atoms with Gasteiger partial charge >= 0.3 is 5.97 Å². The van der Waals surface area contributed by atoms with Crippen molar-refractivity contribution in [3.63, 3.8) is 0 Å². The van der Waals surface area contributed by atoms with E-state index >= 15 is 0 Å². The number of carbonyl (C=O) groups is 1. The Bertz CT molecular complexity index is 233. The zero-order chi connectivity index (χ0) is 11.1. The van der Waals surface area contributed by atoms with Crippen molar-refractivity contribution in [3.05, 3.63) is 11.6 Å². The summed E-state index contributed by atoms with van der Waals surface area (Å²) in [5.41, 5.74) is 1.47. The molecular formula is C12H20O3. The monoisotopic (exact) mass is 212 g/mol. The van der Waals surface area contributed by atoms with Gasteiger partial charge in [-0.25, -0.2) is 0 Å². The van der Waals surface area contributed by atoms with E-state index in [2.05, 4.69) is 13.0 Å². The summed E-state index contributed by atoms with van der Waals surface area (Å²) in [4.78, 5) is 11.2. The first-order valence-electron chi connectivity index (χ1n) is 5.64. The third-order valence-corrected chi connectivity index (χ3v) is 2.86. The van der Waals surface area contributed by atoms with Crippen LogP contribution in [-0.2, 0) is 9.53 Å². The molecule has 0 aromatic heterocycles. The lowest BCUT2D eigenvalue weighted by Crippen LogP contribution is -2.12. The Balaban J connectivity index is 2.12. The van der Waals surface area contributed by atoms with Gasteiger partial charge in [0.05, 0.1) is 6.61 Å². The fourth-order valence-corrected chi connectivity index (χ4v) is 1.84. The van der Waals surface area contributed by atoms with Gasteiger partial charge in [-0.2, -0.15) is 0 Å². The van der Waals surface area contributed by atoms with Crippen molar-refractivity contribution >= 4 is 5.97 Å². The van der Waals surface area contributed by atoms with E-state index in [4.69, 9.17) is 9.84 Å². The molecule has 0 amide bonds. The number of allylic oxidation sites excluding steroid dienone is 2. The third-order valence-electron chi connectivity index (χ3n) is 2.86.